The first-order chi connectivity index (χ1) is 12.3. The van der Waals surface area contributed by atoms with Crippen molar-refractivity contribution in [1.82, 2.24) is 10.6 Å². The van der Waals surface area contributed by atoms with Gasteiger partial charge in [-0.2, -0.15) is 0 Å². The van der Waals surface area contributed by atoms with Crippen LogP contribution in [0.15, 0.2) is 29.3 Å². The maximum Gasteiger partial charge on any atom is 0.191 e. The molecule has 5 nitrogen and oxygen atoms in total. The minimum atomic E-state index is -0.884. The molecule has 1 aromatic rings. The lowest BCUT2D eigenvalue weighted by atomic mass is 10.0. The number of benzene rings is 1. The number of aliphatic imine (C=N–C) groups is 1. The molecule has 0 saturated carbocycles. The minimum Gasteiger partial charge on any atom is -0.369 e. The quantitative estimate of drug-likeness (QED) is 0.607. The molecule has 2 atom stereocenters. The lowest BCUT2D eigenvalue weighted by Gasteiger charge is -2.35. The third-order valence-electron chi connectivity index (χ3n) is 4.42. The van der Waals surface area contributed by atoms with Gasteiger partial charge in [0.05, 0.1) is 0 Å². The zero-order chi connectivity index (χ0) is 19.2. The normalized spacial score (nSPS) is 20.0. The predicted molar refractivity (Wildman–Crippen MR) is 109 cm³/mol. The molecule has 0 amide bonds. The van der Waals surface area contributed by atoms with Crippen LogP contribution in [-0.4, -0.2) is 53.4 Å². The van der Waals surface area contributed by atoms with Gasteiger partial charge >= 0.3 is 0 Å². The van der Waals surface area contributed by atoms with Crippen molar-refractivity contribution >= 4 is 22.4 Å². The summed E-state index contributed by atoms with van der Waals surface area (Å²) in [4.78, 5) is 6.47. The van der Waals surface area contributed by atoms with E-state index in [0.717, 1.165) is 37.6 Å². The van der Waals surface area contributed by atoms with Crippen LogP contribution < -0.4 is 15.5 Å². The molecule has 0 aromatic heterocycles. The maximum absolute atomic E-state index is 13.5. The van der Waals surface area contributed by atoms with Gasteiger partial charge in [-0.3, -0.25) is 9.20 Å². The van der Waals surface area contributed by atoms with Gasteiger partial charge in [-0.05, 0) is 51.8 Å². The zero-order valence-corrected chi connectivity index (χ0v) is 17.0. The largest absolute Gasteiger partial charge is 0.369 e. The maximum atomic E-state index is 13.5. The topological polar surface area (TPSA) is 56.7 Å². The Morgan fingerprint density at radius 2 is 2.19 bits per heavy atom. The summed E-state index contributed by atoms with van der Waals surface area (Å²) in [7, 11) is 0.855. The monoisotopic (exact) mass is 382 g/mol. The van der Waals surface area contributed by atoms with Gasteiger partial charge < -0.3 is 15.5 Å². The first-order valence-corrected chi connectivity index (χ1v) is 10.5. The van der Waals surface area contributed by atoms with Crippen molar-refractivity contribution in [3.05, 3.63) is 30.1 Å². The lowest BCUT2D eigenvalue weighted by molar-refractivity contribution is 0.468. The van der Waals surface area contributed by atoms with Crippen molar-refractivity contribution in [3.63, 3.8) is 0 Å². The number of piperidine rings is 1. The number of halogens is 1. The molecule has 1 saturated heterocycles. The molecule has 26 heavy (non-hydrogen) atoms. The smallest absolute Gasteiger partial charge is 0.191 e. The molecule has 1 aliphatic heterocycles. The molecule has 1 fully saturated rings. The van der Waals surface area contributed by atoms with Crippen LogP contribution in [0, 0.1) is 5.82 Å². The average Bonchev–Trinajstić information content (AvgIpc) is 2.60. The molecule has 7 heteroatoms. The molecule has 2 N–H and O–H groups in total. The first-order valence-electron chi connectivity index (χ1n) is 9.16. The highest BCUT2D eigenvalue weighted by Gasteiger charge is 2.22. The second-order valence-corrected chi connectivity index (χ2v) is 9.89. The van der Waals surface area contributed by atoms with Gasteiger partial charge in [0.15, 0.2) is 5.96 Å². The molecule has 0 aliphatic carbocycles. The van der Waals surface area contributed by atoms with Crippen LogP contribution in [-0.2, 0) is 10.8 Å². The molecule has 0 radical (unpaired) electrons. The Bertz CT molecular complexity index is 645. The van der Waals surface area contributed by atoms with Crippen molar-refractivity contribution in [3.8, 4) is 0 Å². The zero-order valence-electron chi connectivity index (χ0n) is 16.2. The molecule has 2 unspecified atom stereocenters. The van der Waals surface area contributed by atoms with Gasteiger partial charge in [0.1, 0.15) is 5.82 Å². The summed E-state index contributed by atoms with van der Waals surface area (Å²) >= 11 is 0. The average molecular weight is 383 g/mol. The van der Waals surface area contributed by atoms with Crippen LogP contribution in [0.25, 0.3) is 0 Å². The van der Waals surface area contributed by atoms with Crippen LogP contribution in [0.3, 0.4) is 0 Å². The number of anilines is 1. The summed E-state index contributed by atoms with van der Waals surface area (Å²) in [6.45, 7) is 8.30. The number of hydrogen-bond acceptors (Lipinski definition) is 3. The van der Waals surface area contributed by atoms with Gasteiger partial charge in [0.2, 0.25) is 0 Å². The van der Waals surface area contributed by atoms with Crippen molar-refractivity contribution in [2.45, 2.75) is 44.4 Å². The summed E-state index contributed by atoms with van der Waals surface area (Å²) in [5, 5.41) is 6.69. The van der Waals surface area contributed by atoms with E-state index in [2.05, 4.69) is 20.5 Å². The number of guanidine groups is 1. The molecule has 1 aromatic carbocycles. The Kier molecular flexibility index (Phi) is 7.43. The lowest BCUT2D eigenvalue weighted by Crippen LogP contribution is -2.51. The SMILES string of the molecule is CN=C(NCCS(=O)C(C)(C)C)NC1CCCN(c2cccc(F)c2)C1. The standard InChI is InChI=1S/C19H31FN4OS/c1-19(2,3)26(25)12-10-22-18(21-4)23-16-8-6-11-24(14-16)17-9-5-7-15(20)13-17/h5,7,9,13,16H,6,8,10-12,14H2,1-4H3,(H2,21,22,23). The Labute approximate surface area is 158 Å². The summed E-state index contributed by atoms with van der Waals surface area (Å²) < 4.78 is 25.4. The van der Waals surface area contributed by atoms with Crippen LogP contribution >= 0.6 is 0 Å². The highest BCUT2D eigenvalue weighted by atomic mass is 32.2. The summed E-state index contributed by atoms with van der Waals surface area (Å²) in [5.74, 6) is 1.11. The van der Waals surface area contributed by atoms with Crippen LogP contribution in [0.5, 0.6) is 0 Å². The van der Waals surface area contributed by atoms with E-state index in [0.29, 0.717) is 12.3 Å². The van der Waals surface area contributed by atoms with Gasteiger partial charge in [-0.25, -0.2) is 4.39 Å². The van der Waals surface area contributed by atoms with Crippen LogP contribution in [0.2, 0.25) is 0 Å². The van der Waals surface area contributed by atoms with Gasteiger partial charge in [-0.1, -0.05) is 6.07 Å². The summed E-state index contributed by atoms with van der Waals surface area (Å²) in [6, 6.07) is 6.98. The Morgan fingerprint density at radius 3 is 2.85 bits per heavy atom. The molecule has 1 aliphatic rings. The fourth-order valence-electron chi connectivity index (χ4n) is 2.96. The van der Waals surface area contributed by atoms with Crippen LogP contribution in [0.4, 0.5) is 10.1 Å². The molecule has 0 spiro atoms. The Balaban J connectivity index is 1.85. The van der Waals surface area contributed by atoms with Crippen molar-refractivity contribution < 1.29 is 8.60 Å². The fourth-order valence-corrected chi connectivity index (χ4v) is 3.86. The van der Waals surface area contributed by atoms with E-state index in [4.69, 9.17) is 0 Å². The second-order valence-electron chi connectivity index (χ2n) is 7.57. The van der Waals surface area contributed by atoms with E-state index < -0.39 is 10.8 Å². The highest BCUT2D eigenvalue weighted by molar-refractivity contribution is 7.86. The van der Waals surface area contributed by atoms with Gasteiger partial charge in [0.25, 0.3) is 0 Å². The van der Waals surface area contributed by atoms with Crippen molar-refractivity contribution in [2.75, 3.05) is 37.3 Å². The van der Waals surface area contributed by atoms with Gasteiger partial charge in [-0.15, -0.1) is 0 Å². The number of nitrogens with one attached hydrogen (secondary N) is 2. The first kappa shape index (κ1) is 20.7. The third kappa shape index (κ3) is 6.27. The minimum absolute atomic E-state index is 0.201. The molecular weight excluding hydrogens is 351 g/mol. The Morgan fingerprint density at radius 1 is 1.42 bits per heavy atom. The third-order valence-corrected chi connectivity index (χ3v) is 6.36. The van der Waals surface area contributed by atoms with E-state index in [1.165, 1.54) is 6.07 Å². The summed E-state index contributed by atoms with van der Waals surface area (Å²) in [5.41, 5.74) is 0.917. The molecule has 1 heterocycles. The fraction of sp³-hybridized carbons (Fsp3) is 0.632. The van der Waals surface area contributed by atoms with Crippen LogP contribution in [0.1, 0.15) is 33.6 Å². The van der Waals surface area contributed by atoms with E-state index in [9.17, 15) is 8.60 Å². The van der Waals surface area contributed by atoms with E-state index in [-0.39, 0.29) is 16.6 Å². The van der Waals surface area contributed by atoms with E-state index >= 15 is 0 Å². The molecule has 146 valence electrons. The number of hydrogen-bond donors (Lipinski definition) is 2. The predicted octanol–water partition coefficient (Wildman–Crippen LogP) is 2.51. The number of rotatable bonds is 5. The number of nitrogens with zero attached hydrogens (tertiary/aromatic N) is 2. The summed E-state index contributed by atoms with van der Waals surface area (Å²) in [6.07, 6.45) is 2.08. The van der Waals surface area contributed by atoms with Gasteiger partial charge in [0, 0.05) is 59.7 Å². The van der Waals surface area contributed by atoms with E-state index in [1.54, 1.807) is 19.2 Å². The highest BCUT2D eigenvalue weighted by Crippen LogP contribution is 2.20. The van der Waals surface area contributed by atoms with Crippen molar-refractivity contribution in [1.29, 1.82) is 0 Å². The van der Waals surface area contributed by atoms with E-state index in [1.807, 2.05) is 26.8 Å². The molecule has 0 bridgehead atoms. The Hall–Kier alpha value is -1.63. The molecular formula is C19H31FN4OS. The molecule has 2 rings (SSSR count). The second kappa shape index (κ2) is 9.35. The van der Waals surface area contributed by atoms with Crippen molar-refractivity contribution in [2.24, 2.45) is 4.99 Å².